The normalized spacial score (nSPS) is 10.7. The van der Waals surface area contributed by atoms with Crippen LogP contribution in [-0.4, -0.2) is 18.5 Å². The molecule has 2 rings (SSSR count). The zero-order valence-corrected chi connectivity index (χ0v) is 13.1. The van der Waals surface area contributed by atoms with Crippen molar-refractivity contribution in [2.45, 2.75) is 26.8 Å². The highest BCUT2D eigenvalue weighted by Crippen LogP contribution is 2.22. The lowest BCUT2D eigenvalue weighted by atomic mass is 10.2. The summed E-state index contributed by atoms with van der Waals surface area (Å²) in [4.78, 5) is 14.3. The lowest BCUT2D eigenvalue weighted by Gasteiger charge is -2.27. The van der Waals surface area contributed by atoms with Crippen molar-refractivity contribution in [3.05, 3.63) is 47.4 Å². The Morgan fingerprint density at radius 1 is 1.29 bits per heavy atom. The predicted molar refractivity (Wildman–Crippen MR) is 86.3 cm³/mol. The molecule has 1 aromatic heterocycles. The number of carbonyl (C=O) groups is 1. The fraction of sp³-hybridized carbons (Fsp3) is 0.312. The third-order valence-corrected chi connectivity index (χ3v) is 3.58. The summed E-state index contributed by atoms with van der Waals surface area (Å²) in [6.07, 6.45) is 1.39. The number of anilines is 2. The highest BCUT2D eigenvalue weighted by molar-refractivity contribution is 6.32. The molecule has 112 valence electrons. The number of amides is 1. The van der Waals surface area contributed by atoms with E-state index in [4.69, 9.17) is 16.0 Å². The second kappa shape index (κ2) is 6.68. The van der Waals surface area contributed by atoms with Crippen LogP contribution in [0.4, 0.5) is 11.4 Å². The van der Waals surface area contributed by atoms with E-state index in [2.05, 4.69) is 31.0 Å². The van der Waals surface area contributed by atoms with E-state index in [0.717, 1.165) is 17.9 Å². The summed E-state index contributed by atoms with van der Waals surface area (Å²) in [5, 5.41) is 2.89. The number of nitrogens with zero attached hydrogens (tertiary/aromatic N) is 1. The van der Waals surface area contributed by atoms with E-state index >= 15 is 0 Å². The second-order valence-electron chi connectivity index (χ2n) is 4.99. The Bertz CT molecular complexity index is 605. The van der Waals surface area contributed by atoms with Crippen LogP contribution in [0, 0.1) is 0 Å². The van der Waals surface area contributed by atoms with Crippen LogP contribution < -0.4 is 10.2 Å². The highest BCUT2D eigenvalue weighted by Gasteiger charge is 2.13. The molecule has 1 aromatic carbocycles. The third-order valence-electron chi connectivity index (χ3n) is 3.28. The predicted octanol–water partition coefficient (Wildman–Crippen LogP) is 4.42. The number of hydrogen-bond donors (Lipinski definition) is 1. The molecule has 0 radical (unpaired) electrons. The molecule has 0 saturated carbocycles. The molecule has 1 heterocycles. The van der Waals surface area contributed by atoms with E-state index in [9.17, 15) is 4.79 Å². The van der Waals surface area contributed by atoms with Crippen LogP contribution in [0.2, 0.25) is 5.22 Å². The number of hydrogen-bond acceptors (Lipinski definition) is 3. The van der Waals surface area contributed by atoms with Gasteiger partial charge in [0.25, 0.3) is 5.91 Å². The molecule has 0 saturated heterocycles. The molecule has 1 amide bonds. The van der Waals surface area contributed by atoms with Gasteiger partial charge in [0, 0.05) is 24.0 Å². The Morgan fingerprint density at radius 3 is 2.43 bits per heavy atom. The zero-order valence-electron chi connectivity index (χ0n) is 12.4. The molecule has 1 N–H and O–H groups in total. The summed E-state index contributed by atoms with van der Waals surface area (Å²) in [5.41, 5.74) is 2.19. The Balaban J connectivity index is 2.09. The van der Waals surface area contributed by atoms with Gasteiger partial charge < -0.3 is 14.6 Å². The van der Waals surface area contributed by atoms with E-state index in [-0.39, 0.29) is 11.1 Å². The largest absolute Gasteiger partial charge is 0.452 e. The molecule has 2 aromatic rings. The first-order valence-electron chi connectivity index (χ1n) is 6.94. The molecule has 0 aliphatic rings. The second-order valence-corrected chi connectivity index (χ2v) is 5.33. The lowest BCUT2D eigenvalue weighted by Crippen LogP contribution is -2.30. The van der Waals surface area contributed by atoms with Gasteiger partial charge in [0.05, 0.1) is 11.8 Å². The van der Waals surface area contributed by atoms with Gasteiger partial charge in [-0.05, 0) is 62.7 Å². The first-order valence-corrected chi connectivity index (χ1v) is 7.31. The minimum atomic E-state index is -0.280. The molecule has 0 atom stereocenters. The van der Waals surface area contributed by atoms with Crippen molar-refractivity contribution in [2.75, 3.05) is 16.8 Å². The van der Waals surface area contributed by atoms with Gasteiger partial charge in [-0.1, -0.05) is 0 Å². The number of rotatable bonds is 5. The average molecular weight is 307 g/mol. The summed E-state index contributed by atoms with van der Waals surface area (Å²) in [6, 6.07) is 9.73. The summed E-state index contributed by atoms with van der Waals surface area (Å²) < 4.78 is 4.91. The minimum absolute atomic E-state index is 0.0982. The van der Waals surface area contributed by atoms with E-state index < -0.39 is 0 Å². The van der Waals surface area contributed by atoms with Crippen LogP contribution in [0.3, 0.4) is 0 Å². The van der Waals surface area contributed by atoms with Gasteiger partial charge in [0.15, 0.2) is 0 Å². The standard InChI is InChI=1S/C16H19ClN2O2/c1-4-19(11(2)3)13-7-5-12(6-8-13)18-16(20)14-9-10-21-15(14)17/h5-11H,4H2,1-3H3,(H,18,20). The van der Waals surface area contributed by atoms with E-state index in [1.54, 1.807) is 6.07 Å². The van der Waals surface area contributed by atoms with Crippen molar-refractivity contribution < 1.29 is 9.21 Å². The summed E-state index contributed by atoms with van der Waals surface area (Å²) in [7, 11) is 0. The molecule has 0 bridgehead atoms. The van der Waals surface area contributed by atoms with E-state index in [1.165, 1.54) is 6.26 Å². The average Bonchev–Trinajstić information content (AvgIpc) is 2.87. The van der Waals surface area contributed by atoms with Gasteiger partial charge in [0.1, 0.15) is 0 Å². The molecule has 0 fully saturated rings. The smallest absolute Gasteiger partial charge is 0.260 e. The molecular weight excluding hydrogens is 288 g/mol. The van der Waals surface area contributed by atoms with Crippen molar-refractivity contribution >= 4 is 28.9 Å². The van der Waals surface area contributed by atoms with Crippen molar-refractivity contribution in [1.82, 2.24) is 0 Å². The number of benzene rings is 1. The maximum Gasteiger partial charge on any atom is 0.260 e. The van der Waals surface area contributed by atoms with Gasteiger partial charge >= 0.3 is 0 Å². The summed E-state index contributed by atoms with van der Waals surface area (Å²) in [6.45, 7) is 7.37. The van der Waals surface area contributed by atoms with Gasteiger partial charge in [-0.3, -0.25) is 4.79 Å². The number of halogens is 1. The van der Waals surface area contributed by atoms with Crippen LogP contribution in [0.5, 0.6) is 0 Å². The Labute approximate surface area is 129 Å². The minimum Gasteiger partial charge on any atom is -0.452 e. The molecule has 0 aliphatic heterocycles. The monoisotopic (exact) mass is 306 g/mol. The molecular formula is C16H19ClN2O2. The van der Waals surface area contributed by atoms with Crippen molar-refractivity contribution in [1.29, 1.82) is 0 Å². The maximum absolute atomic E-state index is 12.0. The van der Waals surface area contributed by atoms with Crippen LogP contribution in [0.25, 0.3) is 0 Å². The molecule has 21 heavy (non-hydrogen) atoms. The first-order chi connectivity index (χ1) is 10.0. The third kappa shape index (κ3) is 3.58. The molecule has 0 spiro atoms. The van der Waals surface area contributed by atoms with Gasteiger partial charge in [-0.2, -0.15) is 0 Å². The van der Waals surface area contributed by atoms with Crippen LogP contribution in [-0.2, 0) is 0 Å². The number of nitrogens with one attached hydrogen (secondary N) is 1. The topological polar surface area (TPSA) is 45.5 Å². The molecule has 4 nitrogen and oxygen atoms in total. The van der Waals surface area contributed by atoms with E-state index in [0.29, 0.717) is 11.6 Å². The quantitative estimate of drug-likeness (QED) is 0.889. The van der Waals surface area contributed by atoms with Crippen molar-refractivity contribution in [3.8, 4) is 0 Å². The van der Waals surface area contributed by atoms with Gasteiger partial charge in [-0.25, -0.2) is 0 Å². The number of furan rings is 1. The SMILES string of the molecule is CCN(c1ccc(NC(=O)c2ccoc2Cl)cc1)C(C)C. The maximum atomic E-state index is 12.0. The molecule has 0 unspecified atom stereocenters. The van der Waals surface area contributed by atoms with Gasteiger partial charge in [0.2, 0.25) is 5.22 Å². The zero-order chi connectivity index (χ0) is 15.4. The van der Waals surface area contributed by atoms with Crippen molar-refractivity contribution in [3.63, 3.8) is 0 Å². The number of carbonyl (C=O) groups excluding carboxylic acids is 1. The first kappa shape index (κ1) is 15.4. The van der Waals surface area contributed by atoms with E-state index in [1.807, 2.05) is 24.3 Å². The summed E-state index contributed by atoms with van der Waals surface area (Å²) in [5.74, 6) is -0.280. The fourth-order valence-electron chi connectivity index (χ4n) is 2.24. The molecule has 0 aliphatic carbocycles. The highest BCUT2D eigenvalue weighted by atomic mass is 35.5. The van der Waals surface area contributed by atoms with Crippen LogP contribution >= 0.6 is 11.6 Å². The van der Waals surface area contributed by atoms with Crippen molar-refractivity contribution in [2.24, 2.45) is 0 Å². The van der Waals surface area contributed by atoms with Crippen LogP contribution in [0.1, 0.15) is 31.1 Å². The fourth-order valence-corrected chi connectivity index (χ4v) is 2.44. The Kier molecular flexibility index (Phi) is 4.91. The lowest BCUT2D eigenvalue weighted by molar-refractivity contribution is 0.102. The van der Waals surface area contributed by atoms with Gasteiger partial charge in [-0.15, -0.1) is 0 Å². The van der Waals surface area contributed by atoms with Crippen LogP contribution in [0.15, 0.2) is 41.0 Å². The Hall–Kier alpha value is -1.94. The summed E-state index contributed by atoms with van der Waals surface area (Å²) >= 11 is 5.79. The molecule has 5 heteroatoms. The Morgan fingerprint density at radius 2 is 1.95 bits per heavy atom.